The summed E-state index contributed by atoms with van der Waals surface area (Å²) in [4.78, 5) is 24.2. The summed E-state index contributed by atoms with van der Waals surface area (Å²) in [6.07, 6.45) is 6.51. The molecule has 0 saturated heterocycles. The third-order valence-corrected chi connectivity index (χ3v) is 4.90. The van der Waals surface area contributed by atoms with Gasteiger partial charge in [0.1, 0.15) is 5.54 Å². The van der Waals surface area contributed by atoms with Gasteiger partial charge in [-0.25, -0.2) is 4.79 Å². The number of carboxylic acid groups (broad SMARTS) is 1. The summed E-state index contributed by atoms with van der Waals surface area (Å²) in [5.74, 6) is -1.13. The van der Waals surface area contributed by atoms with Gasteiger partial charge in [-0.3, -0.25) is 4.79 Å². The second-order valence-corrected chi connectivity index (χ2v) is 5.95. The van der Waals surface area contributed by atoms with Crippen molar-refractivity contribution in [1.82, 2.24) is 5.32 Å². The van der Waals surface area contributed by atoms with Crippen LogP contribution < -0.4 is 11.1 Å². The van der Waals surface area contributed by atoms with Gasteiger partial charge in [0.15, 0.2) is 0 Å². The summed E-state index contributed by atoms with van der Waals surface area (Å²) in [7, 11) is 0. The highest BCUT2D eigenvalue weighted by molar-refractivity contribution is 5.90. The molecule has 0 heterocycles. The molecule has 0 aliphatic heterocycles. The van der Waals surface area contributed by atoms with Gasteiger partial charge in [0.2, 0.25) is 5.91 Å². The third kappa shape index (κ3) is 3.32. The SMILES string of the molecule is CCC(CC)(NC(=O)C1(CN)CCCCCC1)C(=O)O. The molecule has 0 spiro atoms. The summed E-state index contributed by atoms with van der Waals surface area (Å²) in [5.41, 5.74) is 4.14. The van der Waals surface area contributed by atoms with Crippen LogP contribution in [-0.2, 0) is 9.59 Å². The highest BCUT2D eigenvalue weighted by Crippen LogP contribution is 2.35. The summed E-state index contributed by atoms with van der Waals surface area (Å²) in [6.45, 7) is 3.88. The van der Waals surface area contributed by atoms with Crippen molar-refractivity contribution in [2.75, 3.05) is 6.54 Å². The molecule has 1 rings (SSSR count). The van der Waals surface area contributed by atoms with Crippen molar-refractivity contribution >= 4 is 11.9 Å². The Morgan fingerprint density at radius 1 is 1.15 bits per heavy atom. The van der Waals surface area contributed by atoms with Gasteiger partial charge in [0.25, 0.3) is 0 Å². The van der Waals surface area contributed by atoms with Gasteiger partial charge in [0.05, 0.1) is 5.41 Å². The lowest BCUT2D eigenvalue weighted by Gasteiger charge is -2.36. The van der Waals surface area contributed by atoms with Crippen LogP contribution >= 0.6 is 0 Å². The summed E-state index contributed by atoms with van der Waals surface area (Å²) < 4.78 is 0. The van der Waals surface area contributed by atoms with E-state index in [0.717, 1.165) is 38.5 Å². The standard InChI is InChI=1S/C15H28N2O3/c1-3-15(4-2,13(19)20)17-12(18)14(11-16)9-7-5-6-8-10-14/h3-11,16H2,1-2H3,(H,17,18)(H,19,20). The molecule has 1 aliphatic rings. The number of carbonyl (C=O) groups excluding carboxylic acids is 1. The van der Waals surface area contributed by atoms with Crippen molar-refractivity contribution < 1.29 is 14.7 Å². The Kier molecular flexibility index (Phi) is 5.99. The molecule has 0 aromatic carbocycles. The molecule has 1 fully saturated rings. The van der Waals surface area contributed by atoms with Crippen molar-refractivity contribution in [2.45, 2.75) is 70.8 Å². The molecule has 0 unspecified atom stereocenters. The van der Waals surface area contributed by atoms with Gasteiger partial charge >= 0.3 is 5.97 Å². The van der Waals surface area contributed by atoms with Crippen LogP contribution in [-0.4, -0.2) is 29.1 Å². The number of rotatable bonds is 6. The van der Waals surface area contributed by atoms with Crippen molar-refractivity contribution in [2.24, 2.45) is 11.1 Å². The predicted octanol–water partition coefficient (Wildman–Crippen LogP) is 2.05. The molecular formula is C15H28N2O3. The van der Waals surface area contributed by atoms with Crippen LogP contribution in [0.15, 0.2) is 0 Å². The zero-order valence-corrected chi connectivity index (χ0v) is 12.7. The molecule has 0 aromatic rings. The van der Waals surface area contributed by atoms with E-state index in [-0.39, 0.29) is 5.91 Å². The molecule has 4 N–H and O–H groups in total. The van der Waals surface area contributed by atoms with E-state index in [1.54, 1.807) is 13.8 Å². The molecule has 0 atom stereocenters. The average Bonchev–Trinajstić information content (AvgIpc) is 2.70. The Morgan fingerprint density at radius 2 is 1.65 bits per heavy atom. The van der Waals surface area contributed by atoms with Gasteiger partial charge in [-0.05, 0) is 25.7 Å². The van der Waals surface area contributed by atoms with Gasteiger partial charge in [0, 0.05) is 6.54 Å². The van der Waals surface area contributed by atoms with Crippen molar-refractivity contribution in [3.05, 3.63) is 0 Å². The Labute approximate surface area is 121 Å². The highest BCUT2D eigenvalue weighted by atomic mass is 16.4. The van der Waals surface area contributed by atoms with E-state index in [4.69, 9.17) is 5.73 Å². The fourth-order valence-electron chi connectivity index (χ4n) is 3.06. The lowest BCUT2D eigenvalue weighted by molar-refractivity contribution is -0.150. The van der Waals surface area contributed by atoms with E-state index in [9.17, 15) is 14.7 Å². The number of carbonyl (C=O) groups is 2. The van der Waals surface area contributed by atoms with E-state index in [1.807, 2.05) is 0 Å². The number of hydrogen-bond donors (Lipinski definition) is 3. The van der Waals surface area contributed by atoms with Crippen LogP contribution in [0.2, 0.25) is 0 Å². The fourth-order valence-corrected chi connectivity index (χ4v) is 3.06. The zero-order valence-electron chi connectivity index (χ0n) is 12.7. The van der Waals surface area contributed by atoms with Crippen LogP contribution in [0.25, 0.3) is 0 Å². The molecule has 5 heteroatoms. The van der Waals surface area contributed by atoms with Crippen LogP contribution in [0.1, 0.15) is 65.2 Å². The Balaban J connectivity index is 2.93. The fraction of sp³-hybridized carbons (Fsp3) is 0.867. The molecule has 5 nitrogen and oxygen atoms in total. The minimum atomic E-state index is -1.16. The Morgan fingerprint density at radius 3 is 2.00 bits per heavy atom. The molecule has 0 radical (unpaired) electrons. The first-order chi connectivity index (χ1) is 9.46. The lowest BCUT2D eigenvalue weighted by atomic mass is 9.78. The van der Waals surface area contributed by atoms with Crippen molar-refractivity contribution in [1.29, 1.82) is 0 Å². The highest BCUT2D eigenvalue weighted by Gasteiger charge is 2.43. The number of nitrogens with two attached hydrogens (primary N) is 1. The first-order valence-corrected chi connectivity index (χ1v) is 7.72. The minimum Gasteiger partial charge on any atom is -0.480 e. The normalized spacial score (nSPS) is 19.1. The van der Waals surface area contributed by atoms with E-state index in [1.165, 1.54) is 0 Å². The number of carboxylic acids is 1. The maximum Gasteiger partial charge on any atom is 0.329 e. The molecule has 20 heavy (non-hydrogen) atoms. The number of nitrogens with one attached hydrogen (secondary N) is 1. The van der Waals surface area contributed by atoms with Crippen molar-refractivity contribution in [3.8, 4) is 0 Å². The number of hydrogen-bond acceptors (Lipinski definition) is 3. The van der Waals surface area contributed by atoms with Gasteiger partial charge in [-0.1, -0.05) is 39.5 Å². The van der Waals surface area contributed by atoms with Gasteiger partial charge < -0.3 is 16.2 Å². The van der Waals surface area contributed by atoms with E-state index >= 15 is 0 Å². The first-order valence-electron chi connectivity index (χ1n) is 7.72. The van der Waals surface area contributed by atoms with Crippen LogP contribution in [0.3, 0.4) is 0 Å². The van der Waals surface area contributed by atoms with Crippen LogP contribution in [0, 0.1) is 5.41 Å². The minimum absolute atomic E-state index is 0.173. The number of aliphatic carboxylic acids is 1. The average molecular weight is 284 g/mol. The number of amides is 1. The maximum absolute atomic E-state index is 12.7. The molecule has 0 aromatic heterocycles. The monoisotopic (exact) mass is 284 g/mol. The lowest BCUT2D eigenvalue weighted by Crippen LogP contribution is -2.59. The Bertz CT molecular complexity index is 343. The topological polar surface area (TPSA) is 92.4 Å². The van der Waals surface area contributed by atoms with E-state index in [2.05, 4.69) is 5.32 Å². The second-order valence-electron chi connectivity index (χ2n) is 5.95. The van der Waals surface area contributed by atoms with Crippen LogP contribution in [0.4, 0.5) is 0 Å². The zero-order chi connectivity index (χ0) is 15.2. The predicted molar refractivity (Wildman–Crippen MR) is 78.3 cm³/mol. The third-order valence-electron chi connectivity index (χ3n) is 4.90. The maximum atomic E-state index is 12.7. The molecular weight excluding hydrogens is 256 g/mol. The molecule has 1 aliphatic carbocycles. The second kappa shape index (κ2) is 7.07. The molecule has 116 valence electrons. The largest absolute Gasteiger partial charge is 0.480 e. The van der Waals surface area contributed by atoms with E-state index < -0.39 is 16.9 Å². The van der Waals surface area contributed by atoms with E-state index in [0.29, 0.717) is 19.4 Å². The quantitative estimate of drug-likeness (QED) is 0.651. The van der Waals surface area contributed by atoms with Gasteiger partial charge in [-0.2, -0.15) is 0 Å². The summed E-state index contributed by atoms with van der Waals surface area (Å²) in [5, 5.41) is 12.2. The Hall–Kier alpha value is -1.10. The van der Waals surface area contributed by atoms with Gasteiger partial charge in [-0.15, -0.1) is 0 Å². The summed E-state index contributed by atoms with van der Waals surface area (Å²) in [6, 6.07) is 0. The molecule has 1 amide bonds. The van der Waals surface area contributed by atoms with Crippen molar-refractivity contribution in [3.63, 3.8) is 0 Å². The molecule has 1 saturated carbocycles. The van der Waals surface area contributed by atoms with Crippen LogP contribution in [0.5, 0.6) is 0 Å². The summed E-state index contributed by atoms with van der Waals surface area (Å²) >= 11 is 0. The smallest absolute Gasteiger partial charge is 0.329 e. The molecule has 0 bridgehead atoms. The first kappa shape index (κ1) is 17.0.